The third-order valence-corrected chi connectivity index (χ3v) is 11.1. The van der Waals surface area contributed by atoms with Crippen LogP contribution in [-0.4, -0.2) is 28.4 Å². The van der Waals surface area contributed by atoms with Crippen molar-refractivity contribution >= 4 is 11.7 Å². The Bertz CT molecular complexity index is 1290. The molecule has 0 spiro atoms. The lowest BCUT2D eigenvalue weighted by Crippen LogP contribution is -2.52. The highest BCUT2D eigenvalue weighted by molar-refractivity contribution is 5.94. The number of hydrogen-bond acceptors (Lipinski definition) is 3. The zero-order valence-electron chi connectivity index (χ0n) is 23.8. The van der Waals surface area contributed by atoms with Crippen molar-refractivity contribution in [2.45, 2.75) is 109 Å². The molecule has 2 N–H and O–H groups in total. The number of fused-ring (bicyclic) bond motifs is 4. The van der Waals surface area contributed by atoms with Crippen LogP contribution < -0.4 is 5.32 Å². The number of amides is 1. The van der Waals surface area contributed by atoms with Crippen molar-refractivity contribution in [3.63, 3.8) is 0 Å². The molecule has 6 atom stereocenters. The Kier molecular flexibility index (Phi) is 6.87. The summed E-state index contributed by atoms with van der Waals surface area (Å²) in [6.45, 7) is 6.29. The fraction of sp³-hybridized carbons (Fsp3) is 0.600. The Hall–Kier alpha value is -2.64. The molecular formula is C35H43NO3. The second kappa shape index (κ2) is 10.1. The summed E-state index contributed by atoms with van der Waals surface area (Å²) in [5, 5.41) is 15.4. The molecule has 0 aliphatic heterocycles. The van der Waals surface area contributed by atoms with Crippen LogP contribution in [-0.2, 0) is 4.79 Å². The molecule has 4 nitrogen and oxygen atoms in total. The van der Waals surface area contributed by atoms with Crippen LogP contribution in [0, 0.1) is 35.0 Å². The van der Waals surface area contributed by atoms with Crippen LogP contribution in [0.25, 0.3) is 0 Å². The second-order valence-corrected chi connectivity index (χ2v) is 13.2. The van der Waals surface area contributed by atoms with E-state index >= 15 is 0 Å². The molecule has 0 radical (unpaired) electrons. The van der Waals surface area contributed by atoms with Crippen molar-refractivity contribution in [2.75, 3.05) is 0 Å². The summed E-state index contributed by atoms with van der Waals surface area (Å²) in [6, 6.07) is 8.55. The lowest BCUT2D eigenvalue weighted by molar-refractivity contribution is -0.114. The summed E-state index contributed by atoms with van der Waals surface area (Å²) < 4.78 is 0. The normalized spacial score (nSPS) is 36.2. The topological polar surface area (TPSA) is 66.4 Å². The highest BCUT2D eigenvalue weighted by Crippen LogP contribution is 2.67. The van der Waals surface area contributed by atoms with E-state index in [2.05, 4.69) is 43.1 Å². The van der Waals surface area contributed by atoms with E-state index in [4.69, 9.17) is 0 Å². The van der Waals surface area contributed by atoms with Crippen LogP contribution in [0.1, 0.15) is 113 Å². The number of benzene rings is 1. The summed E-state index contributed by atoms with van der Waals surface area (Å²) in [6.07, 6.45) is 12.9. The number of aliphatic hydroxyl groups is 1. The van der Waals surface area contributed by atoms with E-state index in [1.165, 1.54) is 41.5 Å². The first-order chi connectivity index (χ1) is 18.7. The van der Waals surface area contributed by atoms with E-state index in [1.807, 2.05) is 25.1 Å². The van der Waals surface area contributed by atoms with Crippen LogP contribution in [0.15, 0.2) is 47.1 Å². The van der Waals surface area contributed by atoms with E-state index in [1.54, 1.807) is 0 Å². The minimum atomic E-state index is -1.01. The van der Waals surface area contributed by atoms with E-state index < -0.39 is 5.60 Å². The van der Waals surface area contributed by atoms with Crippen molar-refractivity contribution < 1.29 is 14.7 Å². The molecule has 1 amide bonds. The van der Waals surface area contributed by atoms with Crippen LogP contribution in [0.3, 0.4) is 0 Å². The van der Waals surface area contributed by atoms with Crippen molar-refractivity contribution in [1.82, 2.24) is 5.32 Å². The molecule has 5 aliphatic rings. The Balaban J connectivity index is 1.39. The maximum absolute atomic E-state index is 13.0. The minimum absolute atomic E-state index is 0.0231. The quantitative estimate of drug-likeness (QED) is 0.434. The predicted octanol–water partition coefficient (Wildman–Crippen LogP) is 6.65. The third kappa shape index (κ3) is 4.33. The van der Waals surface area contributed by atoms with Gasteiger partial charge in [-0.05, 0) is 105 Å². The maximum Gasteiger partial charge on any atom is 0.251 e. The number of hydrogen-bond donors (Lipinski definition) is 2. The Labute approximate surface area is 233 Å². The Morgan fingerprint density at radius 1 is 1.05 bits per heavy atom. The second-order valence-electron chi connectivity index (χ2n) is 13.2. The van der Waals surface area contributed by atoms with Gasteiger partial charge in [0, 0.05) is 29.4 Å². The smallest absolute Gasteiger partial charge is 0.251 e. The van der Waals surface area contributed by atoms with Crippen molar-refractivity contribution in [3.05, 3.63) is 58.2 Å². The first-order valence-corrected chi connectivity index (χ1v) is 15.3. The molecule has 0 bridgehead atoms. The van der Waals surface area contributed by atoms with Gasteiger partial charge in [0.15, 0.2) is 5.78 Å². The van der Waals surface area contributed by atoms with E-state index in [0.29, 0.717) is 23.8 Å². The zero-order valence-corrected chi connectivity index (χ0v) is 23.8. The van der Waals surface area contributed by atoms with E-state index in [9.17, 15) is 14.7 Å². The SMILES string of the molecule is CC#C[C@]1(O)[C@H](C)C[C@H]2[C@@H]3CCC4=CC(=O)CCC4=C3[C@@H](c3ccc(C(=O)NC4CCCCC4)cc3)C[C@@]21C. The van der Waals surface area contributed by atoms with Gasteiger partial charge in [0.2, 0.25) is 0 Å². The molecule has 0 unspecified atom stereocenters. The lowest BCUT2D eigenvalue weighted by Gasteiger charge is -2.54. The molecule has 206 valence electrons. The summed E-state index contributed by atoms with van der Waals surface area (Å²) in [5.74, 6) is 7.64. The van der Waals surface area contributed by atoms with Crippen LogP contribution in [0.5, 0.6) is 0 Å². The fourth-order valence-corrected chi connectivity index (χ4v) is 9.13. The van der Waals surface area contributed by atoms with Gasteiger partial charge < -0.3 is 10.4 Å². The van der Waals surface area contributed by atoms with E-state index in [0.717, 1.165) is 44.9 Å². The van der Waals surface area contributed by atoms with Gasteiger partial charge in [-0.25, -0.2) is 0 Å². The van der Waals surface area contributed by atoms with Gasteiger partial charge in [-0.15, -0.1) is 5.92 Å². The molecule has 0 aromatic heterocycles. The minimum Gasteiger partial charge on any atom is -0.377 e. The lowest BCUT2D eigenvalue weighted by atomic mass is 9.51. The van der Waals surface area contributed by atoms with Crippen molar-refractivity contribution in [3.8, 4) is 11.8 Å². The van der Waals surface area contributed by atoms with Crippen LogP contribution >= 0.6 is 0 Å². The number of nitrogens with one attached hydrogen (secondary N) is 1. The monoisotopic (exact) mass is 525 g/mol. The van der Waals surface area contributed by atoms with Crippen LogP contribution in [0.4, 0.5) is 0 Å². The molecule has 3 fully saturated rings. The average molecular weight is 526 g/mol. The molecular weight excluding hydrogens is 482 g/mol. The fourth-order valence-electron chi connectivity index (χ4n) is 9.13. The maximum atomic E-state index is 13.0. The molecule has 0 saturated heterocycles. The molecule has 0 heterocycles. The summed E-state index contributed by atoms with van der Waals surface area (Å²) in [5.41, 5.74) is 4.74. The highest BCUT2D eigenvalue weighted by Gasteiger charge is 2.65. The zero-order chi connectivity index (χ0) is 27.4. The summed E-state index contributed by atoms with van der Waals surface area (Å²) >= 11 is 0. The van der Waals surface area contributed by atoms with Gasteiger partial charge in [0.25, 0.3) is 5.91 Å². The molecule has 1 aromatic carbocycles. The number of carbonyl (C=O) groups excluding carboxylic acids is 2. The number of ketones is 1. The number of rotatable bonds is 3. The predicted molar refractivity (Wildman–Crippen MR) is 154 cm³/mol. The summed E-state index contributed by atoms with van der Waals surface area (Å²) in [7, 11) is 0. The van der Waals surface area contributed by atoms with Gasteiger partial charge >= 0.3 is 0 Å². The van der Waals surface area contributed by atoms with Gasteiger partial charge in [0.05, 0.1) is 0 Å². The van der Waals surface area contributed by atoms with Crippen LogP contribution in [0.2, 0.25) is 0 Å². The molecule has 39 heavy (non-hydrogen) atoms. The first-order valence-electron chi connectivity index (χ1n) is 15.3. The third-order valence-electron chi connectivity index (χ3n) is 11.1. The summed E-state index contributed by atoms with van der Waals surface area (Å²) in [4.78, 5) is 25.4. The Morgan fingerprint density at radius 3 is 2.51 bits per heavy atom. The molecule has 3 saturated carbocycles. The number of allylic oxidation sites excluding steroid dienone is 4. The highest BCUT2D eigenvalue weighted by atomic mass is 16.3. The molecule has 1 aromatic rings. The Morgan fingerprint density at radius 2 is 1.79 bits per heavy atom. The van der Waals surface area contributed by atoms with Crippen molar-refractivity contribution in [2.24, 2.45) is 23.2 Å². The van der Waals surface area contributed by atoms with Gasteiger partial charge in [-0.2, -0.15) is 0 Å². The van der Waals surface area contributed by atoms with Gasteiger partial charge in [0.1, 0.15) is 5.60 Å². The molecule has 6 rings (SSSR count). The standard InChI is InChI=1S/C35H43NO3/c1-4-18-35(39)22(2)19-31-29-16-14-25-20-27(37)15-17-28(25)32(29)30(21-34(31,35)3)23-10-12-24(13-11-23)33(38)36-26-8-6-5-7-9-26/h10-13,20,22,26,29-31,39H,5-9,14-17,19,21H2,1-3H3,(H,36,38)/t22-,29+,30-,31+,34+,35+/m1/s1. The number of carbonyl (C=O) groups is 2. The first kappa shape index (κ1) is 26.6. The van der Waals surface area contributed by atoms with Gasteiger partial charge in [-0.3, -0.25) is 9.59 Å². The van der Waals surface area contributed by atoms with Crippen molar-refractivity contribution in [1.29, 1.82) is 0 Å². The molecule has 5 aliphatic carbocycles. The van der Waals surface area contributed by atoms with Gasteiger partial charge in [-0.1, -0.05) is 56.7 Å². The van der Waals surface area contributed by atoms with E-state index in [-0.39, 0.29) is 35.0 Å². The largest absolute Gasteiger partial charge is 0.377 e. The molecule has 4 heteroatoms. The average Bonchev–Trinajstić information content (AvgIpc) is 3.13.